The molecule has 0 atom stereocenters. The normalized spacial score (nSPS) is 15.6. The minimum Gasteiger partial charge on any atom is -0.293 e. The highest BCUT2D eigenvalue weighted by Crippen LogP contribution is 2.31. The highest BCUT2D eigenvalue weighted by Gasteiger charge is 2.31. The fraction of sp³-hybridized carbons (Fsp3) is 0.125. The number of carbonyl (C=O) groups excluding carboxylic acids is 2. The minimum absolute atomic E-state index is 0.0655. The molecule has 0 aliphatic carbocycles. The molecule has 0 N–H and O–H groups in total. The number of anilines is 1. The Bertz CT molecular complexity index is 998. The van der Waals surface area contributed by atoms with Gasteiger partial charge in [-0.05, 0) is 36.3 Å². The first-order chi connectivity index (χ1) is 14.6. The van der Waals surface area contributed by atoms with Gasteiger partial charge in [-0.25, -0.2) is 0 Å². The van der Waals surface area contributed by atoms with Gasteiger partial charge in [0.05, 0.1) is 4.91 Å². The van der Waals surface area contributed by atoms with Crippen LogP contribution in [0.15, 0.2) is 96.1 Å². The lowest BCUT2D eigenvalue weighted by Gasteiger charge is -2.15. The maximum Gasteiger partial charge on any atom is 0.266 e. The molecule has 2 amide bonds. The number of allylic oxidation sites excluding steroid dienone is 4. The van der Waals surface area contributed by atoms with Crippen LogP contribution in [0.3, 0.4) is 0 Å². The Morgan fingerprint density at radius 3 is 2.37 bits per heavy atom. The zero-order valence-electron chi connectivity index (χ0n) is 16.6. The van der Waals surface area contributed by atoms with Gasteiger partial charge in [0.1, 0.15) is 4.32 Å². The molecule has 2 aromatic carbocycles. The monoisotopic (exact) mass is 434 g/mol. The first-order valence-corrected chi connectivity index (χ1v) is 10.8. The van der Waals surface area contributed by atoms with Crippen LogP contribution in [0.1, 0.15) is 12.5 Å². The molecule has 1 aliphatic heterocycles. The SMILES string of the molecule is CC(=O)N(/C=C/C=C/C=C1\SC(=S)N(CCc2ccccc2)C1=O)c1ccccc1. The number of nitrogens with zero attached hydrogens (tertiary/aromatic N) is 2. The molecular weight excluding hydrogens is 412 g/mol. The van der Waals surface area contributed by atoms with Crippen molar-refractivity contribution < 1.29 is 9.59 Å². The standard InChI is InChI=1S/C24H22N2O2S2/c1-19(27)25(21-13-7-3-8-14-21)17-10-4-9-15-22-23(28)26(24(29)30-22)18-16-20-11-5-2-6-12-20/h2-15,17H,16,18H2,1H3/b9-4+,17-10+,22-15-. The largest absolute Gasteiger partial charge is 0.293 e. The van der Waals surface area contributed by atoms with Crippen molar-refractivity contribution in [1.29, 1.82) is 0 Å². The van der Waals surface area contributed by atoms with E-state index in [2.05, 4.69) is 0 Å². The molecule has 4 nitrogen and oxygen atoms in total. The summed E-state index contributed by atoms with van der Waals surface area (Å²) < 4.78 is 0.581. The van der Waals surface area contributed by atoms with E-state index in [1.807, 2.05) is 60.7 Å². The number of hydrogen-bond donors (Lipinski definition) is 0. The van der Waals surface area contributed by atoms with Crippen LogP contribution in [0.2, 0.25) is 0 Å². The molecule has 1 aliphatic rings. The van der Waals surface area contributed by atoms with Crippen molar-refractivity contribution in [1.82, 2.24) is 4.90 Å². The van der Waals surface area contributed by atoms with Gasteiger partial charge in [-0.2, -0.15) is 0 Å². The molecule has 152 valence electrons. The molecule has 6 heteroatoms. The smallest absolute Gasteiger partial charge is 0.266 e. The summed E-state index contributed by atoms with van der Waals surface area (Å²) in [6.45, 7) is 2.09. The number of thioether (sulfide) groups is 1. The lowest BCUT2D eigenvalue weighted by Crippen LogP contribution is -2.30. The van der Waals surface area contributed by atoms with Crippen LogP contribution in [-0.2, 0) is 16.0 Å². The predicted octanol–water partition coefficient (Wildman–Crippen LogP) is 5.10. The third-order valence-electron chi connectivity index (χ3n) is 4.42. The summed E-state index contributed by atoms with van der Waals surface area (Å²) in [4.78, 5) is 28.3. The van der Waals surface area contributed by atoms with E-state index in [0.29, 0.717) is 15.8 Å². The molecule has 0 aromatic heterocycles. The van der Waals surface area contributed by atoms with Crippen molar-refractivity contribution in [2.45, 2.75) is 13.3 Å². The van der Waals surface area contributed by atoms with Crippen LogP contribution < -0.4 is 4.90 Å². The molecule has 0 bridgehead atoms. The van der Waals surface area contributed by atoms with Gasteiger partial charge in [-0.3, -0.25) is 19.4 Å². The lowest BCUT2D eigenvalue weighted by atomic mass is 10.1. The minimum atomic E-state index is -0.0786. The third-order valence-corrected chi connectivity index (χ3v) is 5.82. The van der Waals surface area contributed by atoms with Crippen molar-refractivity contribution >= 4 is 45.8 Å². The molecule has 1 heterocycles. The average Bonchev–Trinajstić information content (AvgIpc) is 3.03. The third kappa shape index (κ3) is 5.78. The Morgan fingerprint density at radius 1 is 1.03 bits per heavy atom. The molecule has 3 rings (SSSR count). The van der Waals surface area contributed by atoms with Crippen LogP contribution in [0.4, 0.5) is 5.69 Å². The maximum absolute atomic E-state index is 12.6. The molecule has 0 spiro atoms. The molecule has 0 radical (unpaired) electrons. The first-order valence-electron chi connectivity index (χ1n) is 9.54. The molecule has 1 fully saturated rings. The summed E-state index contributed by atoms with van der Waals surface area (Å²) in [6.07, 6.45) is 9.55. The molecule has 30 heavy (non-hydrogen) atoms. The Labute approximate surface area is 186 Å². The number of thiocarbonyl (C=S) groups is 1. The van der Waals surface area contributed by atoms with Crippen molar-refractivity contribution in [3.63, 3.8) is 0 Å². The van der Waals surface area contributed by atoms with E-state index in [0.717, 1.165) is 12.1 Å². The van der Waals surface area contributed by atoms with E-state index < -0.39 is 0 Å². The molecule has 1 saturated heterocycles. The van der Waals surface area contributed by atoms with Crippen molar-refractivity contribution in [2.75, 3.05) is 11.4 Å². The van der Waals surface area contributed by atoms with E-state index in [1.165, 1.54) is 24.2 Å². The number of hydrogen-bond acceptors (Lipinski definition) is 4. The van der Waals surface area contributed by atoms with Gasteiger partial charge in [-0.15, -0.1) is 0 Å². The fourth-order valence-corrected chi connectivity index (χ4v) is 4.16. The Hall–Kier alpha value is -2.96. The van der Waals surface area contributed by atoms with Gasteiger partial charge in [0.2, 0.25) is 5.91 Å². The van der Waals surface area contributed by atoms with E-state index in [1.54, 1.807) is 40.3 Å². The van der Waals surface area contributed by atoms with Crippen LogP contribution in [-0.4, -0.2) is 27.6 Å². The van der Waals surface area contributed by atoms with Crippen LogP contribution in [0.25, 0.3) is 0 Å². The summed E-state index contributed by atoms with van der Waals surface area (Å²) >= 11 is 6.69. The summed E-state index contributed by atoms with van der Waals surface area (Å²) in [5, 5.41) is 0. The average molecular weight is 435 g/mol. The molecule has 0 saturated carbocycles. The summed E-state index contributed by atoms with van der Waals surface area (Å²) in [5.74, 6) is -0.144. The van der Waals surface area contributed by atoms with Gasteiger partial charge in [0, 0.05) is 25.4 Å². The zero-order chi connectivity index (χ0) is 21.3. The van der Waals surface area contributed by atoms with Gasteiger partial charge in [0.15, 0.2) is 0 Å². The highest BCUT2D eigenvalue weighted by molar-refractivity contribution is 8.26. The second kappa shape index (κ2) is 10.7. The van der Waals surface area contributed by atoms with Gasteiger partial charge in [-0.1, -0.05) is 84.7 Å². The first kappa shape index (κ1) is 21.7. The van der Waals surface area contributed by atoms with Crippen LogP contribution >= 0.6 is 24.0 Å². The molecule has 0 unspecified atom stereocenters. The Kier molecular flexibility index (Phi) is 7.76. The van der Waals surface area contributed by atoms with Gasteiger partial charge in [0.25, 0.3) is 5.91 Å². The summed E-state index contributed by atoms with van der Waals surface area (Å²) in [7, 11) is 0. The summed E-state index contributed by atoms with van der Waals surface area (Å²) in [5.41, 5.74) is 1.97. The molecular formula is C24H22N2O2S2. The van der Waals surface area contributed by atoms with E-state index in [-0.39, 0.29) is 11.8 Å². The fourth-order valence-electron chi connectivity index (χ4n) is 2.90. The number of amides is 2. The number of para-hydroxylation sites is 1. The van der Waals surface area contributed by atoms with E-state index >= 15 is 0 Å². The van der Waals surface area contributed by atoms with Crippen molar-refractivity contribution in [3.05, 3.63) is 102 Å². The predicted molar refractivity (Wildman–Crippen MR) is 128 cm³/mol. The van der Waals surface area contributed by atoms with Gasteiger partial charge >= 0.3 is 0 Å². The van der Waals surface area contributed by atoms with Crippen LogP contribution in [0.5, 0.6) is 0 Å². The van der Waals surface area contributed by atoms with Crippen molar-refractivity contribution in [3.8, 4) is 0 Å². The zero-order valence-corrected chi connectivity index (χ0v) is 18.2. The maximum atomic E-state index is 12.6. The molecule has 2 aromatic rings. The van der Waals surface area contributed by atoms with Crippen molar-refractivity contribution in [2.24, 2.45) is 0 Å². The Morgan fingerprint density at radius 2 is 1.70 bits per heavy atom. The highest BCUT2D eigenvalue weighted by atomic mass is 32.2. The number of rotatable bonds is 7. The topological polar surface area (TPSA) is 40.6 Å². The second-order valence-electron chi connectivity index (χ2n) is 6.54. The second-order valence-corrected chi connectivity index (χ2v) is 8.22. The van der Waals surface area contributed by atoms with Crippen LogP contribution in [0, 0.1) is 0 Å². The lowest BCUT2D eigenvalue weighted by molar-refractivity contribution is -0.122. The number of carbonyl (C=O) groups is 2. The Balaban J connectivity index is 1.59. The van der Waals surface area contributed by atoms with E-state index in [4.69, 9.17) is 12.2 Å². The number of benzene rings is 2. The van der Waals surface area contributed by atoms with Gasteiger partial charge < -0.3 is 0 Å². The summed E-state index contributed by atoms with van der Waals surface area (Å²) in [6, 6.07) is 19.5. The van der Waals surface area contributed by atoms with E-state index in [9.17, 15) is 9.59 Å². The quantitative estimate of drug-likeness (QED) is 0.346.